The summed E-state index contributed by atoms with van der Waals surface area (Å²) in [5.41, 5.74) is 4.13. The highest BCUT2D eigenvalue weighted by Gasteiger charge is 2.41. The Morgan fingerprint density at radius 3 is 2.26 bits per heavy atom. The molecular formula is C26H28F2N2O5. The maximum absolute atomic E-state index is 14.1. The second-order valence-electron chi connectivity index (χ2n) is 9.07. The number of amides is 2. The van der Waals surface area contributed by atoms with Crippen molar-refractivity contribution in [2.75, 3.05) is 13.2 Å². The van der Waals surface area contributed by atoms with Crippen molar-refractivity contribution in [2.24, 2.45) is 5.92 Å². The van der Waals surface area contributed by atoms with Crippen molar-refractivity contribution >= 4 is 18.0 Å². The molecule has 0 bridgehead atoms. The fourth-order valence-electron chi connectivity index (χ4n) is 4.93. The molecule has 0 aromatic heterocycles. The van der Waals surface area contributed by atoms with Crippen LogP contribution in [0.1, 0.15) is 49.1 Å². The van der Waals surface area contributed by atoms with E-state index in [0.29, 0.717) is 12.8 Å². The van der Waals surface area contributed by atoms with Gasteiger partial charge in [-0.1, -0.05) is 55.0 Å². The van der Waals surface area contributed by atoms with Crippen LogP contribution in [0.3, 0.4) is 0 Å². The standard InChI is InChI=1S/C26H28F2N2O5/c27-26(28)12-6-5-7-16(26)14-29-24(33)22(13-23(31)32)30-25(34)35-15-21-19-10-3-1-8-17(19)18-9-2-4-11-20(18)21/h1-4,8-11,16,21-22H,5-7,12-15H2,(H,29,33)(H,30,34)(H,31,32). The van der Waals surface area contributed by atoms with Crippen molar-refractivity contribution in [1.82, 2.24) is 10.6 Å². The summed E-state index contributed by atoms with van der Waals surface area (Å²) in [6.45, 7) is -0.288. The highest BCUT2D eigenvalue weighted by atomic mass is 19.3. The van der Waals surface area contributed by atoms with E-state index in [1.165, 1.54) is 0 Å². The van der Waals surface area contributed by atoms with Crippen LogP contribution in [-0.4, -0.2) is 48.2 Å². The van der Waals surface area contributed by atoms with Gasteiger partial charge in [0.05, 0.1) is 6.42 Å². The van der Waals surface area contributed by atoms with Gasteiger partial charge in [-0.25, -0.2) is 13.6 Å². The van der Waals surface area contributed by atoms with Gasteiger partial charge in [0.15, 0.2) is 0 Å². The van der Waals surface area contributed by atoms with Gasteiger partial charge in [-0.15, -0.1) is 0 Å². The molecule has 186 valence electrons. The number of halogens is 2. The molecule has 9 heteroatoms. The molecule has 2 aromatic rings. The maximum atomic E-state index is 14.1. The molecule has 0 spiro atoms. The molecule has 2 atom stereocenters. The summed E-state index contributed by atoms with van der Waals surface area (Å²) in [6, 6.07) is 14.1. The number of fused-ring (bicyclic) bond motifs is 3. The zero-order valence-corrected chi connectivity index (χ0v) is 19.1. The molecule has 7 nitrogen and oxygen atoms in total. The minimum atomic E-state index is -2.88. The SMILES string of the molecule is O=C(O)CC(NC(=O)OCC1c2ccccc2-c2ccccc21)C(=O)NCC1CCCCC1(F)F. The molecular weight excluding hydrogens is 458 g/mol. The number of rotatable bonds is 8. The minimum Gasteiger partial charge on any atom is -0.481 e. The summed E-state index contributed by atoms with van der Waals surface area (Å²) in [5.74, 6) is -6.24. The fraction of sp³-hybridized carbons (Fsp3) is 0.423. The number of hydrogen-bond acceptors (Lipinski definition) is 4. The number of carboxylic acid groups (broad SMARTS) is 1. The van der Waals surface area contributed by atoms with E-state index in [1.807, 2.05) is 48.5 Å². The number of hydrogen-bond donors (Lipinski definition) is 3. The van der Waals surface area contributed by atoms with Crippen LogP contribution in [0, 0.1) is 5.92 Å². The fourth-order valence-corrected chi connectivity index (χ4v) is 4.93. The second kappa shape index (κ2) is 10.4. The lowest BCUT2D eigenvalue weighted by molar-refractivity contribution is -0.140. The van der Waals surface area contributed by atoms with Crippen LogP contribution in [0.5, 0.6) is 0 Å². The Kier molecular flexibility index (Phi) is 7.33. The number of carbonyl (C=O) groups excluding carboxylic acids is 2. The van der Waals surface area contributed by atoms with E-state index in [-0.39, 0.29) is 31.9 Å². The number of ether oxygens (including phenoxy) is 1. The average Bonchev–Trinajstić information content (AvgIpc) is 3.14. The number of benzene rings is 2. The molecule has 3 N–H and O–H groups in total. The first-order valence-electron chi connectivity index (χ1n) is 11.7. The quantitative estimate of drug-likeness (QED) is 0.516. The molecule has 0 radical (unpaired) electrons. The van der Waals surface area contributed by atoms with Gasteiger partial charge in [0.1, 0.15) is 12.6 Å². The van der Waals surface area contributed by atoms with Crippen molar-refractivity contribution in [3.63, 3.8) is 0 Å². The maximum Gasteiger partial charge on any atom is 0.407 e. The predicted molar refractivity (Wildman–Crippen MR) is 124 cm³/mol. The smallest absolute Gasteiger partial charge is 0.407 e. The van der Waals surface area contributed by atoms with Gasteiger partial charge in [0.2, 0.25) is 5.91 Å². The van der Waals surface area contributed by atoms with Crippen molar-refractivity contribution in [2.45, 2.75) is 50.0 Å². The third-order valence-electron chi connectivity index (χ3n) is 6.76. The topological polar surface area (TPSA) is 105 Å². The molecule has 2 unspecified atom stereocenters. The molecule has 4 rings (SSSR count). The summed E-state index contributed by atoms with van der Waals surface area (Å²) in [7, 11) is 0. The number of nitrogens with one attached hydrogen (secondary N) is 2. The second-order valence-corrected chi connectivity index (χ2v) is 9.07. The molecule has 1 saturated carbocycles. The highest BCUT2D eigenvalue weighted by molar-refractivity contribution is 5.89. The van der Waals surface area contributed by atoms with Gasteiger partial charge in [-0.3, -0.25) is 9.59 Å². The molecule has 0 aliphatic heterocycles. The molecule has 0 saturated heterocycles. The normalized spacial score (nSPS) is 19.2. The lowest BCUT2D eigenvalue weighted by Gasteiger charge is -2.31. The van der Waals surface area contributed by atoms with Gasteiger partial charge >= 0.3 is 12.1 Å². The van der Waals surface area contributed by atoms with Crippen molar-refractivity contribution < 1.29 is 33.0 Å². The van der Waals surface area contributed by atoms with E-state index in [9.17, 15) is 28.3 Å². The molecule has 0 heterocycles. The number of alkyl halides is 2. The first-order chi connectivity index (χ1) is 16.8. The number of aliphatic carboxylic acids is 1. The van der Waals surface area contributed by atoms with Gasteiger partial charge in [-0.2, -0.15) is 0 Å². The summed E-state index contributed by atoms with van der Waals surface area (Å²) < 4.78 is 33.5. The Labute approximate surface area is 201 Å². The van der Waals surface area contributed by atoms with E-state index in [1.54, 1.807) is 0 Å². The number of alkyl carbamates (subject to hydrolysis) is 1. The minimum absolute atomic E-state index is 0.00440. The first-order valence-corrected chi connectivity index (χ1v) is 11.7. The average molecular weight is 487 g/mol. The Balaban J connectivity index is 1.37. The van der Waals surface area contributed by atoms with Crippen molar-refractivity contribution in [3.05, 3.63) is 59.7 Å². The lowest BCUT2D eigenvalue weighted by atomic mass is 9.85. The zero-order valence-electron chi connectivity index (χ0n) is 19.1. The lowest BCUT2D eigenvalue weighted by Crippen LogP contribution is -2.50. The van der Waals surface area contributed by atoms with E-state index < -0.39 is 42.3 Å². The van der Waals surface area contributed by atoms with Gasteiger partial charge in [0, 0.05) is 24.8 Å². The van der Waals surface area contributed by atoms with Crippen LogP contribution in [0.4, 0.5) is 13.6 Å². The highest BCUT2D eigenvalue weighted by Crippen LogP contribution is 2.44. The summed E-state index contributed by atoms with van der Waals surface area (Å²) in [4.78, 5) is 36.3. The van der Waals surface area contributed by atoms with Gasteiger partial charge in [0.25, 0.3) is 5.92 Å². The van der Waals surface area contributed by atoms with Crippen LogP contribution in [0.15, 0.2) is 48.5 Å². The summed E-state index contributed by atoms with van der Waals surface area (Å²) >= 11 is 0. The van der Waals surface area contributed by atoms with Crippen LogP contribution in [0.2, 0.25) is 0 Å². The van der Waals surface area contributed by atoms with E-state index in [4.69, 9.17) is 4.74 Å². The zero-order chi connectivity index (χ0) is 25.0. The molecule has 2 aromatic carbocycles. The Hall–Kier alpha value is -3.49. The first kappa shape index (κ1) is 24.6. The van der Waals surface area contributed by atoms with Gasteiger partial charge < -0.3 is 20.5 Å². The largest absolute Gasteiger partial charge is 0.481 e. The molecule has 2 aliphatic rings. The van der Waals surface area contributed by atoms with Crippen LogP contribution in [0.25, 0.3) is 11.1 Å². The monoisotopic (exact) mass is 486 g/mol. The third-order valence-corrected chi connectivity index (χ3v) is 6.76. The van der Waals surface area contributed by atoms with Crippen molar-refractivity contribution in [3.8, 4) is 11.1 Å². The third kappa shape index (κ3) is 5.61. The van der Waals surface area contributed by atoms with Crippen molar-refractivity contribution in [1.29, 1.82) is 0 Å². The number of carbonyl (C=O) groups is 3. The van der Waals surface area contributed by atoms with E-state index >= 15 is 0 Å². The van der Waals surface area contributed by atoms with Crippen LogP contribution >= 0.6 is 0 Å². The predicted octanol–water partition coefficient (Wildman–Crippen LogP) is 4.31. The molecule has 2 amide bonds. The molecule has 1 fully saturated rings. The Bertz CT molecular complexity index is 1060. The molecule has 2 aliphatic carbocycles. The number of carboxylic acids is 1. The van der Waals surface area contributed by atoms with E-state index in [2.05, 4.69) is 10.6 Å². The summed E-state index contributed by atoms with van der Waals surface area (Å²) in [6.07, 6.45) is -0.524. The van der Waals surface area contributed by atoms with Crippen LogP contribution < -0.4 is 10.6 Å². The van der Waals surface area contributed by atoms with Gasteiger partial charge in [-0.05, 0) is 35.1 Å². The Morgan fingerprint density at radius 1 is 1.03 bits per heavy atom. The van der Waals surface area contributed by atoms with E-state index in [0.717, 1.165) is 22.3 Å². The Morgan fingerprint density at radius 2 is 1.66 bits per heavy atom. The summed E-state index contributed by atoms with van der Waals surface area (Å²) in [5, 5.41) is 13.9. The van der Waals surface area contributed by atoms with Crippen LogP contribution in [-0.2, 0) is 14.3 Å². The molecule has 35 heavy (non-hydrogen) atoms.